The van der Waals surface area contributed by atoms with E-state index in [1.165, 1.54) is 0 Å². The third-order valence-electron chi connectivity index (χ3n) is 2.07. The summed E-state index contributed by atoms with van der Waals surface area (Å²) in [7, 11) is 0. The van der Waals surface area contributed by atoms with Crippen LogP contribution in [0.15, 0.2) is 30.3 Å². The maximum Gasteiger partial charge on any atom is 0.418 e. The van der Waals surface area contributed by atoms with Crippen LogP contribution < -0.4 is 4.90 Å². The second-order valence-corrected chi connectivity index (χ2v) is 6.36. The molecule has 0 saturated heterocycles. The Morgan fingerprint density at radius 2 is 1.89 bits per heavy atom. The SMILES string of the molecule is O=C(O)N(c1ccccc1)c1nc(C(Cl)(Cl)Cl)ns1. The van der Waals surface area contributed by atoms with Crippen molar-refractivity contribution in [1.29, 1.82) is 0 Å². The second kappa shape index (κ2) is 5.50. The van der Waals surface area contributed by atoms with Gasteiger partial charge in [-0.25, -0.2) is 9.69 Å². The smallest absolute Gasteiger partial charge is 0.418 e. The second-order valence-electron chi connectivity index (χ2n) is 3.35. The van der Waals surface area contributed by atoms with Crippen molar-refractivity contribution in [2.45, 2.75) is 3.79 Å². The first-order valence-electron chi connectivity index (χ1n) is 4.88. The maximum absolute atomic E-state index is 11.3. The van der Waals surface area contributed by atoms with Crippen LogP contribution in [0.5, 0.6) is 0 Å². The average molecular weight is 339 g/mol. The zero-order valence-electron chi connectivity index (χ0n) is 9.13. The van der Waals surface area contributed by atoms with Crippen molar-refractivity contribution in [2.24, 2.45) is 0 Å². The van der Waals surface area contributed by atoms with E-state index in [-0.39, 0.29) is 11.0 Å². The Labute approximate surface area is 127 Å². The van der Waals surface area contributed by atoms with Crippen molar-refractivity contribution < 1.29 is 9.90 Å². The van der Waals surface area contributed by atoms with Gasteiger partial charge in [0.15, 0.2) is 5.82 Å². The van der Waals surface area contributed by atoms with Crippen LogP contribution in [-0.2, 0) is 3.79 Å². The number of rotatable bonds is 2. The van der Waals surface area contributed by atoms with E-state index in [0.717, 1.165) is 16.4 Å². The lowest BCUT2D eigenvalue weighted by atomic mass is 10.3. The van der Waals surface area contributed by atoms with E-state index in [2.05, 4.69) is 9.36 Å². The molecular weight excluding hydrogens is 333 g/mol. The third-order valence-corrected chi connectivity index (χ3v) is 3.27. The summed E-state index contributed by atoms with van der Waals surface area (Å²) < 4.78 is 2.06. The number of hydrogen-bond acceptors (Lipinski definition) is 4. The first kappa shape index (κ1) is 14.3. The Morgan fingerprint density at radius 1 is 1.26 bits per heavy atom. The minimum Gasteiger partial charge on any atom is -0.464 e. The number of aromatic nitrogens is 2. The van der Waals surface area contributed by atoms with E-state index in [9.17, 15) is 9.90 Å². The van der Waals surface area contributed by atoms with E-state index in [0.29, 0.717) is 5.69 Å². The summed E-state index contributed by atoms with van der Waals surface area (Å²) in [5.41, 5.74) is 0.432. The molecule has 0 aliphatic heterocycles. The molecule has 2 rings (SSSR count). The fourth-order valence-electron chi connectivity index (χ4n) is 1.30. The van der Waals surface area contributed by atoms with Gasteiger partial charge in [-0.15, -0.1) is 0 Å². The highest BCUT2D eigenvalue weighted by Crippen LogP contribution is 2.38. The minimum absolute atomic E-state index is 0.0559. The van der Waals surface area contributed by atoms with Crippen LogP contribution in [-0.4, -0.2) is 20.6 Å². The number of anilines is 2. The lowest BCUT2D eigenvalue weighted by molar-refractivity contribution is 0.205. The number of halogens is 3. The molecule has 1 aromatic heterocycles. The van der Waals surface area contributed by atoms with Gasteiger partial charge in [0.25, 0.3) is 3.79 Å². The number of alkyl halides is 3. The summed E-state index contributed by atoms with van der Waals surface area (Å²) in [6, 6.07) is 8.45. The lowest BCUT2D eigenvalue weighted by Crippen LogP contribution is -2.23. The van der Waals surface area contributed by atoms with Gasteiger partial charge in [-0.3, -0.25) is 0 Å². The summed E-state index contributed by atoms with van der Waals surface area (Å²) in [5, 5.41) is 9.37. The van der Waals surface area contributed by atoms with Gasteiger partial charge in [0.1, 0.15) is 0 Å². The van der Waals surface area contributed by atoms with Crippen molar-refractivity contribution in [2.75, 3.05) is 4.90 Å². The number of hydrogen-bond donors (Lipinski definition) is 1. The Kier molecular flexibility index (Phi) is 4.15. The molecule has 0 bridgehead atoms. The van der Waals surface area contributed by atoms with Gasteiger partial charge in [-0.1, -0.05) is 53.0 Å². The third kappa shape index (κ3) is 3.27. The van der Waals surface area contributed by atoms with E-state index < -0.39 is 9.89 Å². The Morgan fingerprint density at radius 3 is 2.37 bits per heavy atom. The number of benzene rings is 1. The average Bonchev–Trinajstić information content (AvgIpc) is 2.79. The minimum atomic E-state index is -1.78. The molecular formula is C10H6Cl3N3O2S. The first-order valence-corrected chi connectivity index (χ1v) is 6.79. The van der Waals surface area contributed by atoms with Gasteiger partial charge < -0.3 is 5.11 Å². The number of amides is 1. The molecule has 1 amide bonds. The van der Waals surface area contributed by atoms with E-state index in [1.807, 2.05) is 0 Å². The van der Waals surface area contributed by atoms with Crippen LogP contribution in [0.2, 0.25) is 0 Å². The molecule has 0 fully saturated rings. The molecule has 0 aliphatic carbocycles. The van der Waals surface area contributed by atoms with Gasteiger partial charge in [-0.2, -0.15) is 9.36 Å². The molecule has 1 aromatic carbocycles. The molecule has 19 heavy (non-hydrogen) atoms. The van der Waals surface area contributed by atoms with Crippen molar-refractivity contribution in [1.82, 2.24) is 9.36 Å². The largest absolute Gasteiger partial charge is 0.464 e. The van der Waals surface area contributed by atoms with Gasteiger partial charge in [0.2, 0.25) is 5.13 Å². The summed E-state index contributed by atoms with van der Waals surface area (Å²) in [4.78, 5) is 16.2. The Balaban J connectivity index is 2.41. The van der Waals surface area contributed by atoms with Crippen LogP contribution in [0.4, 0.5) is 15.6 Å². The van der Waals surface area contributed by atoms with Crippen molar-refractivity contribution >= 4 is 63.2 Å². The fourth-order valence-corrected chi connectivity index (χ4v) is 2.44. The lowest BCUT2D eigenvalue weighted by Gasteiger charge is -2.15. The molecule has 100 valence electrons. The van der Waals surface area contributed by atoms with Crippen molar-refractivity contribution in [3.8, 4) is 0 Å². The van der Waals surface area contributed by atoms with Gasteiger partial charge in [0, 0.05) is 11.5 Å². The predicted octanol–water partition coefficient (Wildman–Crippen LogP) is 4.18. The molecule has 0 unspecified atom stereocenters. The normalized spacial score (nSPS) is 11.3. The predicted molar refractivity (Wildman–Crippen MR) is 75.8 cm³/mol. The molecule has 1 heterocycles. The van der Waals surface area contributed by atoms with Crippen molar-refractivity contribution in [3.05, 3.63) is 36.2 Å². The topological polar surface area (TPSA) is 66.3 Å². The van der Waals surface area contributed by atoms with E-state index in [4.69, 9.17) is 34.8 Å². The molecule has 2 aromatic rings. The summed E-state index contributed by atoms with van der Waals surface area (Å²) in [6.45, 7) is 0. The molecule has 0 atom stereocenters. The van der Waals surface area contributed by atoms with Crippen LogP contribution in [0, 0.1) is 0 Å². The molecule has 0 saturated carbocycles. The molecule has 0 spiro atoms. The highest BCUT2D eigenvalue weighted by molar-refractivity contribution is 7.10. The van der Waals surface area contributed by atoms with Crippen LogP contribution in [0.1, 0.15) is 5.82 Å². The Hall–Kier alpha value is -1.08. The fraction of sp³-hybridized carbons (Fsp3) is 0.100. The van der Waals surface area contributed by atoms with Crippen LogP contribution in [0.25, 0.3) is 0 Å². The maximum atomic E-state index is 11.3. The number of para-hydroxylation sites is 1. The number of carbonyl (C=O) groups is 1. The highest BCUT2D eigenvalue weighted by Gasteiger charge is 2.30. The first-order chi connectivity index (χ1) is 8.89. The van der Waals surface area contributed by atoms with Crippen LogP contribution >= 0.6 is 46.3 Å². The number of carboxylic acid groups (broad SMARTS) is 1. The van der Waals surface area contributed by atoms with Crippen molar-refractivity contribution in [3.63, 3.8) is 0 Å². The zero-order valence-corrected chi connectivity index (χ0v) is 12.2. The van der Waals surface area contributed by atoms with Gasteiger partial charge in [-0.05, 0) is 12.1 Å². The van der Waals surface area contributed by atoms with E-state index >= 15 is 0 Å². The summed E-state index contributed by atoms with van der Waals surface area (Å²) in [6.07, 6.45) is -1.20. The Bertz CT molecular complexity index is 585. The van der Waals surface area contributed by atoms with Gasteiger partial charge >= 0.3 is 6.09 Å². The summed E-state index contributed by atoms with van der Waals surface area (Å²) >= 11 is 17.8. The zero-order chi connectivity index (χ0) is 14.0. The van der Waals surface area contributed by atoms with Gasteiger partial charge in [0.05, 0.1) is 5.69 Å². The van der Waals surface area contributed by atoms with E-state index in [1.54, 1.807) is 30.3 Å². The van der Waals surface area contributed by atoms with Crippen LogP contribution in [0.3, 0.4) is 0 Å². The number of nitrogens with zero attached hydrogens (tertiary/aromatic N) is 3. The highest BCUT2D eigenvalue weighted by atomic mass is 35.6. The monoisotopic (exact) mass is 337 g/mol. The molecule has 1 N–H and O–H groups in total. The quantitative estimate of drug-likeness (QED) is 0.834. The standard InChI is InChI=1S/C10H6Cl3N3O2S/c11-10(12,13)7-14-8(19-15-7)16(9(17)18)6-4-2-1-3-5-6/h1-5H,(H,17,18). The molecule has 5 nitrogen and oxygen atoms in total. The summed E-state index contributed by atoms with van der Waals surface area (Å²) in [5.74, 6) is -0.0559. The molecule has 9 heteroatoms. The molecule has 0 aliphatic rings. The molecule has 0 radical (unpaired) electrons.